The van der Waals surface area contributed by atoms with E-state index in [1.165, 1.54) is 17.9 Å². The first-order valence-electron chi connectivity index (χ1n) is 11.7. The minimum Gasteiger partial charge on any atom is -0.497 e. The molecule has 11 heteroatoms. The largest absolute Gasteiger partial charge is 0.497 e. The van der Waals surface area contributed by atoms with Crippen molar-refractivity contribution < 1.29 is 32.2 Å². The van der Waals surface area contributed by atoms with Gasteiger partial charge in [0, 0.05) is 18.7 Å². The molecule has 0 fully saturated rings. The van der Waals surface area contributed by atoms with Crippen molar-refractivity contribution >= 4 is 27.5 Å². The number of rotatable bonds is 11. The maximum Gasteiger partial charge on any atom is 0.244 e. The minimum absolute atomic E-state index is 0.0367. The van der Waals surface area contributed by atoms with Gasteiger partial charge in [-0.15, -0.1) is 0 Å². The number of amides is 2. The third-order valence-electron chi connectivity index (χ3n) is 5.71. The van der Waals surface area contributed by atoms with E-state index >= 15 is 0 Å². The Kier molecular flexibility index (Phi) is 8.67. The Balaban J connectivity index is 1.95. The predicted molar refractivity (Wildman–Crippen MR) is 136 cm³/mol. The predicted octanol–water partition coefficient (Wildman–Crippen LogP) is 2.52. The molecule has 0 bridgehead atoms. The lowest BCUT2D eigenvalue weighted by atomic mass is 10.1. The SMILES string of the molecule is CCS(=O)(=O)N(CC(=O)N(Cc1cccc(OC)c1)[C@H](C)C(=O)NC(C)C)c1ccc2c(c1)OCO2. The van der Waals surface area contributed by atoms with Gasteiger partial charge in [-0.3, -0.25) is 13.9 Å². The van der Waals surface area contributed by atoms with Crippen molar-refractivity contribution in [2.75, 3.05) is 30.5 Å². The number of carbonyl (C=O) groups excluding carboxylic acids is 2. The second kappa shape index (κ2) is 11.5. The van der Waals surface area contributed by atoms with Gasteiger partial charge in [-0.1, -0.05) is 12.1 Å². The van der Waals surface area contributed by atoms with E-state index in [1.54, 1.807) is 44.4 Å². The summed E-state index contributed by atoms with van der Waals surface area (Å²) >= 11 is 0. The molecule has 2 aromatic carbocycles. The lowest BCUT2D eigenvalue weighted by Crippen LogP contribution is -2.52. The van der Waals surface area contributed by atoms with Gasteiger partial charge in [0.1, 0.15) is 18.3 Å². The number of nitrogens with zero attached hydrogens (tertiary/aromatic N) is 2. The molecule has 3 rings (SSSR count). The van der Waals surface area contributed by atoms with Crippen LogP contribution in [0.15, 0.2) is 42.5 Å². The van der Waals surface area contributed by atoms with E-state index < -0.39 is 28.5 Å². The van der Waals surface area contributed by atoms with Crippen molar-refractivity contribution in [3.05, 3.63) is 48.0 Å². The monoisotopic (exact) mass is 519 g/mol. The van der Waals surface area contributed by atoms with Crippen LogP contribution in [0.1, 0.15) is 33.3 Å². The van der Waals surface area contributed by atoms with Crippen LogP contribution in [0.25, 0.3) is 0 Å². The number of ether oxygens (including phenoxy) is 3. The highest BCUT2D eigenvalue weighted by Crippen LogP contribution is 2.36. The van der Waals surface area contributed by atoms with Gasteiger partial charge in [-0.2, -0.15) is 0 Å². The number of hydrogen-bond acceptors (Lipinski definition) is 7. The number of anilines is 1. The summed E-state index contributed by atoms with van der Waals surface area (Å²) in [6.45, 7) is 6.42. The molecule has 1 aliphatic rings. The normalized spacial score (nSPS) is 13.3. The Morgan fingerprint density at radius 1 is 1.08 bits per heavy atom. The molecule has 0 spiro atoms. The van der Waals surface area contributed by atoms with Gasteiger partial charge in [0.25, 0.3) is 0 Å². The van der Waals surface area contributed by atoms with Gasteiger partial charge >= 0.3 is 0 Å². The zero-order valence-corrected chi connectivity index (χ0v) is 22.0. The highest BCUT2D eigenvalue weighted by Gasteiger charge is 2.32. The minimum atomic E-state index is -3.84. The molecule has 0 aromatic heterocycles. The van der Waals surface area contributed by atoms with E-state index in [-0.39, 0.29) is 36.7 Å². The van der Waals surface area contributed by atoms with Crippen LogP contribution in [-0.2, 0) is 26.2 Å². The molecule has 2 amide bonds. The Hall–Kier alpha value is -3.47. The third-order valence-corrected chi connectivity index (χ3v) is 7.45. The summed E-state index contributed by atoms with van der Waals surface area (Å²) < 4.78 is 43.1. The zero-order valence-electron chi connectivity index (χ0n) is 21.2. The zero-order chi connectivity index (χ0) is 26.5. The number of hydrogen-bond donors (Lipinski definition) is 1. The highest BCUT2D eigenvalue weighted by molar-refractivity contribution is 7.92. The fraction of sp³-hybridized carbons (Fsp3) is 0.440. The summed E-state index contributed by atoms with van der Waals surface area (Å²) in [4.78, 5) is 27.9. The van der Waals surface area contributed by atoms with Crippen molar-refractivity contribution in [1.29, 1.82) is 0 Å². The van der Waals surface area contributed by atoms with Crippen LogP contribution >= 0.6 is 0 Å². The molecule has 1 heterocycles. The molecular formula is C25H33N3O7S. The quantitative estimate of drug-likeness (QED) is 0.485. The number of benzene rings is 2. The fourth-order valence-electron chi connectivity index (χ4n) is 3.72. The standard InChI is InChI=1S/C25H33N3O7S/c1-6-36(31,32)28(20-10-11-22-23(13-20)35-16-34-22)15-24(29)27(18(4)25(30)26-17(2)3)14-19-8-7-9-21(12-19)33-5/h7-13,17-18H,6,14-16H2,1-5H3,(H,26,30)/t18-/m1/s1. The number of sulfonamides is 1. The summed E-state index contributed by atoms with van der Waals surface area (Å²) in [5.74, 6) is 0.420. The molecular weight excluding hydrogens is 486 g/mol. The number of carbonyl (C=O) groups is 2. The van der Waals surface area contributed by atoms with E-state index in [0.717, 1.165) is 9.87 Å². The first-order valence-corrected chi connectivity index (χ1v) is 13.3. The second-order valence-corrected chi connectivity index (χ2v) is 10.8. The van der Waals surface area contributed by atoms with Crippen LogP contribution in [0.5, 0.6) is 17.2 Å². The first kappa shape index (κ1) is 27.1. The molecule has 1 N–H and O–H groups in total. The van der Waals surface area contributed by atoms with E-state index in [0.29, 0.717) is 17.2 Å². The van der Waals surface area contributed by atoms with Crippen LogP contribution in [-0.4, -0.2) is 63.4 Å². The number of methoxy groups -OCH3 is 1. The molecule has 10 nitrogen and oxygen atoms in total. The Morgan fingerprint density at radius 2 is 1.81 bits per heavy atom. The second-order valence-electron chi connectivity index (χ2n) is 8.66. The lowest BCUT2D eigenvalue weighted by molar-refractivity contribution is -0.139. The van der Waals surface area contributed by atoms with E-state index in [9.17, 15) is 18.0 Å². The Bertz CT molecular complexity index is 1200. The van der Waals surface area contributed by atoms with Gasteiger partial charge in [-0.05, 0) is 57.5 Å². The van der Waals surface area contributed by atoms with Gasteiger partial charge < -0.3 is 24.4 Å². The maximum atomic E-state index is 13.7. The number of nitrogens with one attached hydrogen (secondary N) is 1. The maximum absolute atomic E-state index is 13.7. The van der Waals surface area contributed by atoms with Gasteiger partial charge in [0.15, 0.2) is 11.5 Å². The van der Waals surface area contributed by atoms with E-state index in [2.05, 4.69) is 5.32 Å². The third kappa shape index (κ3) is 6.39. The highest BCUT2D eigenvalue weighted by atomic mass is 32.2. The molecule has 196 valence electrons. The summed E-state index contributed by atoms with van der Waals surface area (Å²) in [5, 5.41) is 2.82. The van der Waals surface area contributed by atoms with Crippen molar-refractivity contribution in [2.45, 2.75) is 46.3 Å². The van der Waals surface area contributed by atoms with Crippen LogP contribution in [0.4, 0.5) is 5.69 Å². The summed E-state index contributed by atoms with van der Waals surface area (Å²) in [7, 11) is -2.30. The van der Waals surface area contributed by atoms with E-state index in [1.807, 2.05) is 19.9 Å². The Morgan fingerprint density at radius 3 is 2.47 bits per heavy atom. The molecule has 1 atom stereocenters. The summed E-state index contributed by atoms with van der Waals surface area (Å²) in [6.07, 6.45) is 0. The molecule has 0 radical (unpaired) electrons. The van der Waals surface area contributed by atoms with Crippen molar-refractivity contribution in [3.63, 3.8) is 0 Å². The first-order chi connectivity index (χ1) is 17.1. The molecule has 0 saturated heterocycles. The molecule has 1 aliphatic heterocycles. The van der Waals surface area contributed by atoms with Crippen LogP contribution < -0.4 is 23.8 Å². The summed E-state index contributed by atoms with van der Waals surface area (Å²) in [5.41, 5.74) is 1.01. The Labute approximate surface area is 212 Å². The summed E-state index contributed by atoms with van der Waals surface area (Å²) in [6, 6.07) is 10.9. The van der Waals surface area contributed by atoms with Gasteiger partial charge in [0.05, 0.1) is 18.6 Å². The lowest BCUT2D eigenvalue weighted by Gasteiger charge is -2.32. The molecule has 2 aromatic rings. The molecule has 0 saturated carbocycles. The fourth-order valence-corrected chi connectivity index (χ4v) is 4.77. The van der Waals surface area contributed by atoms with Crippen LogP contribution in [0.3, 0.4) is 0 Å². The molecule has 36 heavy (non-hydrogen) atoms. The average molecular weight is 520 g/mol. The molecule has 0 unspecified atom stereocenters. The van der Waals surface area contributed by atoms with Crippen molar-refractivity contribution in [1.82, 2.24) is 10.2 Å². The van der Waals surface area contributed by atoms with E-state index in [4.69, 9.17) is 14.2 Å². The van der Waals surface area contributed by atoms with Crippen LogP contribution in [0.2, 0.25) is 0 Å². The average Bonchev–Trinajstić information content (AvgIpc) is 3.32. The van der Waals surface area contributed by atoms with Crippen LogP contribution in [0, 0.1) is 0 Å². The topological polar surface area (TPSA) is 114 Å². The smallest absolute Gasteiger partial charge is 0.244 e. The van der Waals surface area contributed by atoms with Crippen molar-refractivity contribution in [3.8, 4) is 17.2 Å². The van der Waals surface area contributed by atoms with Gasteiger partial charge in [0.2, 0.25) is 28.6 Å². The number of fused-ring (bicyclic) bond motifs is 1. The molecule has 0 aliphatic carbocycles. The van der Waals surface area contributed by atoms with Crippen molar-refractivity contribution in [2.24, 2.45) is 0 Å². The van der Waals surface area contributed by atoms with Gasteiger partial charge in [-0.25, -0.2) is 8.42 Å².